The Labute approximate surface area is 128 Å². The highest BCUT2D eigenvalue weighted by Gasteiger charge is 2.21. The maximum atomic E-state index is 11.6. The Morgan fingerprint density at radius 1 is 1.10 bits per heavy atom. The fourth-order valence-corrected chi connectivity index (χ4v) is 2.27. The summed E-state index contributed by atoms with van der Waals surface area (Å²) in [6.07, 6.45) is 7.45. The monoisotopic (exact) mass is 298 g/mol. The van der Waals surface area contributed by atoms with Gasteiger partial charge in [0.25, 0.3) is 0 Å². The molecule has 0 saturated heterocycles. The van der Waals surface area contributed by atoms with Crippen molar-refractivity contribution in [2.75, 3.05) is 19.7 Å². The molecule has 1 fully saturated rings. The fraction of sp³-hybridized carbons (Fsp3) is 0.875. The van der Waals surface area contributed by atoms with E-state index in [2.05, 4.69) is 10.6 Å². The molecule has 5 heteroatoms. The van der Waals surface area contributed by atoms with Crippen molar-refractivity contribution in [2.24, 2.45) is 5.41 Å². The number of carbonyl (C=O) groups is 2. The van der Waals surface area contributed by atoms with Gasteiger partial charge < -0.3 is 15.4 Å². The van der Waals surface area contributed by atoms with Gasteiger partial charge in [-0.1, -0.05) is 40.0 Å². The molecule has 1 aliphatic rings. The second-order valence-electron chi connectivity index (χ2n) is 6.77. The van der Waals surface area contributed by atoms with Gasteiger partial charge in [0.1, 0.15) is 0 Å². The summed E-state index contributed by atoms with van der Waals surface area (Å²) in [4.78, 5) is 23.2. The van der Waals surface area contributed by atoms with Crippen molar-refractivity contribution in [3.05, 3.63) is 0 Å². The molecule has 1 rings (SSSR count). The van der Waals surface area contributed by atoms with Crippen molar-refractivity contribution in [3.8, 4) is 0 Å². The molecule has 1 saturated carbocycles. The van der Waals surface area contributed by atoms with Crippen molar-refractivity contribution in [3.63, 3.8) is 0 Å². The van der Waals surface area contributed by atoms with Crippen LogP contribution in [0.1, 0.15) is 59.3 Å². The first-order chi connectivity index (χ1) is 9.89. The average molecular weight is 298 g/mol. The Morgan fingerprint density at radius 2 is 1.76 bits per heavy atom. The van der Waals surface area contributed by atoms with E-state index in [0.29, 0.717) is 19.3 Å². The predicted molar refractivity (Wildman–Crippen MR) is 82.9 cm³/mol. The summed E-state index contributed by atoms with van der Waals surface area (Å²) in [5.74, 6) is -0.261. The molecule has 2 N–H and O–H groups in total. The fourth-order valence-electron chi connectivity index (χ4n) is 2.27. The summed E-state index contributed by atoms with van der Waals surface area (Å²) < 4.78 is 5.79. The Balaban J connectivity index is 1.99. The highest BCUT2D eigenvalue weighted by molar-refractivity contribution is 5.87. The Kier molecular flexibility index (Phi) is 7.72. The first kappa shape index (κ1) is 18.0. The third kappa shape index (κ3) is 8.05. The maximum Gasteiger partial charge on any atom is 0.239 e. The molecule has 122 valence electrons. The number of hydrogen-bond acceptors (Lipinski definition) is 3. The molecule has 0 aliphatic heterocycles. The summed E-state index contributed by atoms with van der Waals surface area (Å²) in [6.45, 7) is 6.80. The lowest BCUT2D eigenvalue weighted by Gasteiger charge is -2.22. The number of rotatable bonds is 7. The molecular weight excluding hydrogens is 268 g/mol. The van der Waals surface area contributed by atoms with E-state index >= 15 is 0 Å². The number of ether oxygens (including phenoxy) is 1. The van der Waals surface area contributed by atoms with Crippen LogP contribution in [-0.2, 0) is 14.3 Å². The zero-order chi connectivity index (χ0) is 15.7. The normalized spacial score (nSPS) is 16.5. The van der Waals surface area contributed by atoms with Crippen LogP contribution in [0, 0.1) is 5.41 Å². The van der Waals surface area contributed by atoms with Crippen LogP contribution in [0.15, 0.2) is 0 Å². The van der Waals surface area contributed by atoms with E-state index in [1.54, 1.807) is 0 Å². The van der Waals surface area contributed by atoms with Crippen LogP contribution in [0.3, 0.4) is 0 Å². The van der Waals surface area contributed by atoms with E-state index in [0.717, 1.165) is 6.42 Å². The number of carbonyl (C=O) groups excluding carboxylic acids is 2. The standard InChI is InChI=1S/C16H30N2O3/c1-16(2,3)15(20)18-12-14(19)17-10-7-11-21-13-8-5-4-6-9-13/h13H,4-12H2,1-3H3,(H,17,19)(H,18,20). The SMILES string of the molecule is CC(C)(C)C(=O)NCC(=O)NCCCOC1CCCCC1. The van der Waals surface area contributed by atoms with Gasteiger partial charge in [-0.3, -0.25) is 9.59 Å². The Hall–Kier alpha value is -1.10. The van der Waals surface area contributed by atoms with E-state index in [1.807, 2.05) is 20.8 Å². The zero-order valence-electron chi connectivity index (χ0n) is 13.7. The van der Waals surface area contributed by atoms with Gasteiger partial charge >= 0.3 is 0 Å². The highest BCUT2D eigenvalue weighted by atomic mass is 16.5. The van der Waals surface area contributed by atoms with Crippen molar-refractivity contribution in [1.29, 1.82) is 0 Å². The largest absolute Gasteiger partial charge is 0.378 e. The quantitative estimate of drug-likeness (QED) is 0.706. The number of nitrogens with one attached hydrogen (secondary N) is 2. The molecule has 5 nitrogen and oxygen atoms in total. The second kappa shape index (κ2) is 9.03. The molecule has 0 unspecified atom stereocenters. The van der Waals surface area contributed by atoms with Crippen LogP contribution < -0.4 is 10.6 Å². The van der Waals surface area contributed by atoms with E-state index in [4.69, 9.17) is 4.74 Å². The molecule has 1 aliphatic carbocycles. The van der Waals surface area contributed by atoms with Crippen molar-refractivity contribution < 1.29 is 14.3 Å². The van der Waals surface area contributed by atoms with Gasteiger partial charge in [0, 0.05) is 18.6 Å². The average Bonchev–Trinajstić information content (AvgIpc) is 2.44. The van der Waals surface area contributed by atoms with Gasteiger partial charge in [0.2, 0.25) is 11.8 Å². The van der Waals surface area contributed by atoms with Gasteiger partial charge in [-0.2, -0.15) is 0 Å². The Bertz CT molecular complexity index is 331. The second-order valence-corrected chi connectivity index (χ2v) is 6.77. The minimum absolute atomic E-state index is 0.0413. The van der Waals surface area contributed by atoms with Crippen LogP contribution >= 0.6 is 0 Å². The van der Waals surface area contributed by atoms with Crippen LogP contribution in [0.25, 0.3) is 0 Å². The zero-order valence-corrected chi connectivity index (χ0v) is 13.7. The molecule has 2 amide bonds. The predicted octanol–water partition coefficient (Wildman–Crippen LogP) is 2.00. The summed E-state index contributed by atoms with van der Waals surface area (Å²) in [5, 5.41) is 5.43. The summed E-state index contributed by atoms with van der Waals surface area (Å²) in [6, 6.07) is 0. The van der Waals surface area contributed by atoms with E-state index in [9.17, 15) is 9.59 Å². The lowest BCUT2D eigenvalue weighted by molar-refractivity contribution is -0.131. The molecule has 0 aromatic carbocycles. The van der Waals surface area contributed by atoms with Gasteiger partial charge in [-0.25, -0.2) is 0 Å². The first-order valence-electron chi connectivity index (χ1n) is 8.06. The summed E-state index contributed by atoms with van der Waals surface area (Å²) in [5.41, 5.74) is -0.464. The van der Waals surface area contributed by atoms with Gasteiger partial charge in [-0.05, 0) is 19.3 Å². The summed E-state index contributed by atoms with van der Waals surface area (Å²) >= 11 is 0. The third-order valence-electron chi connectivity index (χ3n) is 3.64. The van der Waals surface area contributed by atoms with Crippen LogP contribution in [0.2, 0.25) is 0 Å². The van der Waals surface area contributed by atoms with Gasteiger partial charge in [-0.15, -0.1) is 0 Å². The molecule has 0 heterocycles. The van der Waals surface area contributed by atoms with Crippen LogP contribution in [-0.4, -0.2) is 37.6 Å². The van der Waals surface area contributed by atoms with Crippen molar-refractivity contribution in [1.82, 2.24) is 10.6 Å². The topological polar surface area (TPSA) is 67.4 Å². The van der Waals surface area contributed by atoms with E-state index in [-0.39, 0.29) is 18.4 Å². The van der Waals surface area contributed by atoms with Gasteiger partial charge in [0.05, 0.1) is 12.6 Å². The van der Waals surface area contributed by atoms with Crippen molar-refractivity contribution in [2.45, 2.75) is 65.4 Å². The first-order valence-corrected chi connectivity index (χ1v) is 8.06. The molecule has 0 radical (unpaired) electrons. The van der Waals surface area contributed by atoms with E-state index < -0.39 is 5.41 Å². The Morgan fingerprint density at radius 3 is 2.38 bits per heavy atom. The minimum atomic E-state index is -0.464. The van der Waals surface area contributed by atoms with Gasteiger partial charge in [0.15, 0.2) is 0 Å². The molecule has 0 aromatic rings. The highest BCUT2D eigenvalue weighted by Crippen LogP contribution is 2.20. The smallest absolute Gasteiger partial charge is 0.239 e. The number of amides is 2. The lowest BCUT2D eigenvalue weighted by atomic mass is 9.96. The minimum Gasteiger partial charge on any atom is -0.378 e. The molecule has 0 aromatic heterocycles. The van der Waals surface area contributed by atoms with Crippen LogP contribution in [0.4, 0.5) is 0 Å². The molecule has 21 heavy (non-hydrogen) atoms. The maximum absolute atomic E-state index is 11.6. The molecule has 0 atom stereocenters. The lowest BCUT2D eigenvalue weighted by Crippen LogP contribution is -2.42. The van der Waals surface area contributed by atoms with E-state index in [1.165, 1.54) is 32.1 Å². The number of hydrogen-bond donors (Lipinski definition) is 2. The molecule has 0 spiro atoms. The van der Waals surface area contributed by atoms with Crippen LogP contribution in [0.5, 0.6) is 0 Å². The molecular formula is C16H30N2O3. The third-order valence-corrected chi connectivity index (χ3v) is 3.64. The molecule has 0 bridgehead atoms. The summed E-state index contributed by atoms with van der Waals surface area (Å²) in [7, 11) is 0. The van der Waals surface area contributed by atoms with Crippen molar-refractivity contribution >= 4 is 11.8 Å².